The molecule has 0 fully saturated rings. The molecule has 0 bridgehead atoms. The van der Waals surface area contributed by atoms with Crippen molar-refractivity contribution in [1.29, 1.82) is 0 Å². The topological polar surface area (TPSA) is 55.4 Å². The van der Waals surface area contributed by atoms with E-state index in [9.17, 15) is 9.59 Å². The van der Waals surface area contributed by atoms with E-state index in [1.54, 1.807) is 24.3 Å². The predicted molar refractivity (Wildman–Crippen MR) is 95.6 cm³/mol. The van der Waals surface area contributed by atoms with Gasteiger partial charge in [0.15, 0.2) is 6.10 Å². The summed E-state index contributed by atoms with van der Waals surface area (Å²) in [5, 5.41) is 3.19. The molecule has 1 atom stereocenters. The second-order valence-corrected chi connectivity index (χ2v) is 6.26. The van der Waals surface area contributed by atoms with Gasteiger partial charge in [-0.05, 0) is 57.0 Å². The lowest BCUT2D eigenvalue weighted by Gasteiger charge is -2.16. The van der Waals surface area contributed by atoms with E-state index in [2.05, 4.69) is 5.32 Å². The first kappa shape index (κ1) is 18.0. The molecule has 0 aliphatic carbocycles. The van der Waals surface area contributed by atoms with Crippen LogP contribution in [0.2, 0.25) is 5.02 Å². The normalized spacial score (nSPS) is 11.7. The molecule has 0 spiro atoms. The molecule has 1 unspecified atom stereocenters. The molecular weight excluding hydrogens is 326 g/mol. The Kier molecular flexibility index (Phi) is 5.62. The molecule has 5 heteroatoms. The Hall–Kier alpha value is -2.33. The van der Waals surface area contributed by atoms with Crippen molar-refractivity contribution in [2.45, 2.75) is 33.8 Å². The van der Waals surface area contributed by atoms with Crippen LogP contribution in [-0.2, 0) is 9.53 Å². The first-order valence-corrected chi connectivity index (χ1v) is 8.01. The van der Waals surface area contributed by atoms with Crippen molar-refractivity contribution in [3.63, 3.8) is 0 Å². The Balaban J connectivity index is 2.07. The molecule has 2 aromatic rings. The number of esters is 1. The average Bonchev–Trinajstić information content (AvgIpc) is 2.45. The van der Waals surface area contributed by atoms with E-state index >= 15 is 0 Å². The predicted octanol–water partition coefficient (Wildman–Crippen LogP) is 4.45. The molecule has 0 aliphatic heterocycles. The quantitative estimate of drug-likeness (QED) is 0.833. The minimum atomic E-state index is -0.920. The van der Waals surface area contributed by atoms with Crippen molar-refractivity contribution in [3.05, 3.63) is 63.7 Å². The first-order chi connectivity index (χ1) is 11.3. The molecule has 24 heavy (non-hydrogen) atoms. The lowest BCUT2D eigenvalue weighted by Crippen LogP contribution is -2.30. The number of hydrogen-bond donors (Lipinski definition) is 1. The number of benzene rings is 2. The average molecular weight is 346 g/mol. The standard InChI is InChI=1S/C19H20ClNO3/c1-11-8-12(2)17(13(3)9-11)19(23)24-14(4)18(22)21-16-7-5-6-15(20)10-16/h5-10,14H,1-4H3,(H,21,22). The van der Waals surface area contributed by atoms with Crippen molar-refractivity contribution in [2.75, 3.05) is 5.32 Å². The molecule has 1 N–H and O–H groups in total. The van der Waals surface area contributed by atoms with Gasteiger partial charge in [0.05, 0.1) is 5.56 Å². The van der Waals surface area contributed by atoms with Crippen LogP contribution in [-0.4, -0.2) is 18.0 Å². The molecule has 0 aromatic heterocycles. The van der Waals surface area contributed by atoms with Crippen molar-refractivity contribution in [1.82, 2.24) is 0 Å². The van der Waals surface area contributed by atoms with Gasteiger partial charge in [-0.3, -0.25) is 4.79 Å². The highest BCUT2D eigenvalue weighted by Crippen LogP contribution is 2.19. The van der Waals surface area contributed by atoms with Crippen molar-refractivity contribution in [3.8, 4) is 0 Å². The van der Waals surface area contributed by atoms with E-state index in [1.807, 2.05) is 32.9 Å². The largest absolute Gasteiger partial charge is 0.449 e. The van der Waals surface area contributed by atoms with Gasteiger partial charge < -0.3 is 10.1 Å². The van der Waals surface area contributed by atoms with Crippen LogP contribution in [0.5, 0.6) is 0 Å². The van der Waals surface area contributed by atoms with Crippen LogP contribution in [0.4, 0.5) is 5.69 Å². The number of amides is 1. The SMILES string of the molecule is Cc1cc(C)c(C(=O)OC(C)C(=O)Nc2cccc(Cl)c2)c(C)c1. The second kappa shape index (κ2) is 7.49. The van der Waals surface area contributed by atoms with Gasteiger partial charge in [0.1, 0.15) is 0 Å². The molecule has 4 nitrogen and oxygen atoms in total. The first-order valence-electron chi connectivity index (χ1n) is 7.63. The number of hydrogen-bond acceptors (Lipinski definition) is 3. The molecular formula is C19H20ClNO3. The van der Waals surface area contributed by atoms with Crippen LogP contribution in [0.3, 0.4) is 0 Å². The van der Waals surface area contributed by atoms with Crippen LogP contribution in [0.1, 0.15) is 34.0 Å². The van der Waals surface area contributed by atoms with E-state index in [-0.39, 0.29) is 0 Å². The zero-order valence-corrected chi connectivity index (χ0v) is 14.9. The number of anilines is 1. The number of carbonyl (C=O) groups excluding carboxylic acids is 2. The summed E-state index contributed by atoms with van der Waals surface area (Å²) in [5.74, 6) is -0.910. The van der Waals surface area contributed by atoms with Gasteiger partial charge in [-0.25, -0.2) is 4.79 Å². The molecule has 1 amide bonds. The fourth-order valence-electron chi connectivity index (χ4n) is 2.59. The van der Waals surface area contributed by atoms with Gasteiger partial charge in [-0.15, -0.1) is 0 Å². The summed E-state index contributed by atoms with van der Waals surface area (Å²) >= 11 is 5.88. The smallest absolute Gasteiger partial charge is 0.339 e. The van der Waals surface area contributed by atoms with E-state index in [1.165, 1.54) is 6.92 Å². The molecule has 0 heterocycles. The van der Waals surface area contributed by atoms with Gasteiger partial charge in [0.2, 0.25) is 0 Å². The summed E-state index contributed by atoms with van der Waals surface area (Å²) in [6, 6.07) is 10.6. The van der Waals surface area contributed by atoms with Gasteiger partial charge in [-0.2, -0.15) is 0 Å². The molecule has 0 aliphatic rings. The number of ether oxygens (including phenoxy) is 1. The minimum Gasteiger partial charge on any atom is -0.449 e. The number of halogens is 1. The Labute approximate surface area is 146 Å². The van der Waals surface area contributed by atoms with E-state index < -0.39 is 18.0 Å². The second-order valence-electron chi connectivity index (χ2n) is 5.82. The van der Waals surface area contributed by atoms with Crippen molar-refractivity contribution >= 4 is 29.2 Å². The zero-order valence-electron chi connectivity index (χ0n) is 14.1. The van der Waals surface area contributed by atoms with Crippen molar-refractivity contribution in [2.24, 2.45) is 0 Å². The number of rotatable bonds is 4. The third kappa shape index (κ3) is 4.36. The Morgan fingerprint density at radius 3 is 2.29 bits per heavy atom. The summed E-state index contributed by atoms with van der Waals surface area (Å²) < 4.78 is 5.32. The lowest BCUT2D eigenvalue weighted by atomic mass is 10.00. The summed E-state index contributed by atoms with van der Waals surface area (Å²) in [4.78, 5) is 24.6. The maximum Gasteiger partial charge on any atom is 0.339 e. The third-order valence-electron chi connectivity index (χ3n) is 3.63. The van der Waals surface area contributed by atoms with Crippen LogP contribution in [0.15, 0.2) is 36.4 Å². The highest BCUT2D eigenvalue weighted by Gasteiger charge is 2.21. The lowest BCUT2D eigenvalue weighted by molar-refractivity contribution is -0.123. The molecule has 2 rings (SSSR count). The molecule has 0 saturated heterocycles. The minimum absolute atomic E-state index is 0.409. The number of carbonyl (C=O) groups is 2. The monoisotopic (exact) mass is 345 g/mol. The zero-order chi connectivity index (χ0) is 17.9. The third-order valence-corrected chi connectivity index (χ3v) is 3.86. The Bertz CT molecular complexity index is 763. The van der Waals surface area contributed by atoms with Gasteiger partial charge in [0.25, 0.3) is 5.91 Å². The fourth-order valence-corrected chi connectivity index (χ4v) is 2.78. The van der Waals surface area contributed by atoms with Crippen molar-refractivity contribution < 1.29 is 14.3 Å². The molecule has 126 valence electrons. The van der Waals surface area contributed by atoms with E-state index in [4.69, 9.17) is 16.3 Å². The molecule has 0 radical (unpaired) electrons. The van der Waals surface area contributed by atoms with E-state index in [0.717, 1.165) is 16.7 Å². The summed E-state index contributed by atoms with van der Waals surface area (Å²) in [6.07, 6.45) is -0.920. The molecule has 0 saturated carbocycles. The van der Waals surface area contributed by atoms with Gasteiger partial charge in [0, 0.05) is 10.7 Å². The number of aryl methyl sites for hydroxylation is 3. The van der Waals surface area contributed by atoms with Crippen LogP contribution in [0, 0.1) is 20.8 Å². The Morgan fingerprint density at radius 1 is 1.08 bits per heavy atom. The van der Waals surface area contributed by atoms with Gasteiger partial charge in [-0.1, -0.05) is 35.4 Å². The maximum atomic E-state index is 12.4. The Morgan fingerprint density at radius 2 is 1.71 bits per heavy atom. The molecule has 2 aromatic carbocycles. The fraction of sp³-hybridized carbons (Fsp3) is 0.263. The van der Waals surface area contributed by atoms with Crippen LogP contribution in [0.25, 0.3) is 0 Å². The summed E-state index contributed by atoms with van der Waals surface area (Å²) in [7, 11) is 0. The van der Waals surface area contributed by atoms with Crippen LogP contribution < -0.4 is 5.32 Å². The highest BCUT2D eigenvalue weighted by molar-refractivity contribution is 6.30. The highest BCUT2D eigenvalue weighted by atomic mass is 35.5. The van der Waals surface area contributed by atoms with Crippen LogP contribution >= 0.6 is 11.6 Å². The number of nitrogens with one attached hydrogen (secondary N) is 1. The van der Waals surface area contributed by atoms with E-state index in [0.29, 0.717) is 16.3 Å². The summed E-state index contributed by atoms with van der Waals surface area (Å²) in [5.41, 5.74) is 3.80. The van der Waals surface area contributed by atoms with Gasteiger partial charge >= 0.3 is 5.97 Å². The summed E-state index contributed by atoms with van der Waals surface area (Å²) in [6.45, 7) is 7.22. The maximum absolute atomic E-state index is 12.4.